The monoisotopic (exact) mass is 610 g/mol. The summed E-state index contributed by atoms with van der Waals surface area (Å²) in [5.74, 6) is -0.868. The van der Waals surface area contributed by atoms with E-state index in [1.807, 2.05) is 6.07 Å². The number of nitrogens with zero attached hydrogens (tertiary/aromatic N) is 4. The van der Waals surface area contributed by atoms with Crippen LogP contribution in [-0.2, 0) is 15.3 Å². The van der Waals surface area contributed by atoms with Crippen molar-refractivity contribution in [1.29, 1.82) is 0 Å². The van der Waals surface area contributed by atoms with Crippen LogP contribution in [0.1, 0.15) is 22.7 Å². The molecule has 12 heteroatoms. The van der Waals surface area contributed by atoms with Crippen molar-refractivity contribution < 1.29 is 19.4 Å². The molecule has 2 aromatic heterocycles. The molecule has 5 rings (SSSR count). The van der Waals surface area contributed by atoms with Crippen LogP contribution >= 0.6 is 46.3 Å². The number of ketones is 1. The molecule has 40 heavy (non-hydrogen) atoms. The molecule has 1 amide bonds. The van der Waals surface area contributed by atoms with E-state index in [1.165, 1.54) is 29.1 Å². The average Bonchev–Trinajstić information content (AvgIpc) is 3.53. The largest absolute Gasteiger partial charge is 0.507 e. The molecular formula is C28H20Cl2N4O4S2. The summed E-state index contributed by atoms with van der Waals surface area (Å²) in [6.07, 6.45) is 4.61. The highest BCUT2D eigenvalue weighted by Gasteiger charge is 2.48. The molecule has 8 nitrogen and oxygen atoms in total. The summed E-state index contributed by atoms with van der Waals surface area (Å²) in [5, 5.41) is 20.9. The third-order valence-electron chi connectivity index (χ3n) is 5.93. The van der Waals surface area contributed by atoms with E-state index in [4.69, 9.17) is 27.9 Å². The second kappa shape index (κ2) is 12.2. The number of rotatable bonds is 9. The summed E-state index contributed by atoms with van der Waals surface area (Å²) >= 11 is 14.8. The number of aromatic nitrogens is 3. The number of thioether (sulfide) groups is 1. The first-order valence-electron chi connectivity index (χ1n) is 11.8. The molecule has 1 saturated heterocycles. The quantitative estimate of drug-likeness (QED) is 0.0555. The summed E-state index contributed by atoms with van der Waals surface area (Å²) in [6.45, 7) is 3.97. The Bertz CT molecular complexity index is 1610. The van der Waals surface area contributed by atoms with Crippen molar-refractivity contribution in [2.75, 3.05) is 11.5 Å². The third kappa shape index (κ3) is 5.75. The number of hydrogen-bond acceptors (Lipinski definition) is 9. The zero-order valence-corrected chi connectivity index (χ0v) is 23.8. The molecule has 0 saturated carbocycles. The summed E-state index contributed by atoms with van der Waals surface area (Å²) in [7, 11) is 0. The number of halogens is 2. The zero-order valence-electron chi connectivity index (χ0n) is 20.7. The maximum absolute atomic E-state index is 13.4. The smallest absolute Gasteiger partial charge is 0.301 e. The number of aliphatic hydroxyl groups is 1. The lowest BCUT2D eigenvalue weighted by Gasteiger charge is -2.22. The van der Waals surface area contributed by atoms with Crippen LogP contribution in [0.25, 0.3) is 5.76 Å². The second-order valence-electron chi connectivity index (χ2n) is 8.45. The first kappa shape index (κ1) is 27.9. The Hall–Kier alpha value is -3.70. The summed E-state index contributed by atoms with van der Waals surface area (Å²) in [4.78, 5) is 32.0. The van der Waals surface area contributed by atoms with Gasteiger partial charge in [-0.2, -0.15) is 0 Å². The fraction of sp³-hybridized carbons (Fsp3) is 0.107. The summed E-state index contributed by atoms with van der Waals surface area (Å²) < 4.78 is 6.15. The standard InChI is InChI=1S/C28H20Cl2N4O4S2/c1-2-13-38-20-7-4-16(5-8-20)23-22(24(35)17-9-11-31-12-10-17)25(36)26(37)34(23)27-32-33-28(40-27)39-15-18-3-6-19(29)14-21(18)30/h2-12,14,23,35H,1,13,15H2. The fourth-order valence-corrected chi connectivity index (χ4v) is 6.47. The van der Waals surface area contributed by atoms with Gasteiger partial charge in [0.15, 0.2) is 4.34 Å². The highest BCUT2D eigenvalue weighted by molar-refractivity contribution is 8.00. The molecule has 1 aliphatic heterocycles. The van der Waals surface area contributed by atoms with Crippen LogP contribution in [0.5, 0.6) is 5.75 Å². The van der Waals surface area contributed by atoms with Crippen molar-refractivity contribution in [2.24, 2.45) is 0 Å². The van der Waals surface area contributed by atoms with E-state index in [9.17, 15) is 14.7 Å². The van der Waals surface area contributed by atoms with Crippen molar-refractivity contribution in [3.8, 4) is 5.75 Å². The van der Waals surface area contributed by atoms with Gasteiger partial charge in [-0.3, -0.25) is 19.5 Å². The van der Waals surface area contributed by atoms with Crippen LogP contribution in [0.3, 0.4) is 0 Å². The summed E-state index contributed by atoms with van der Waals surface area (Å²) in [6, 6.07) is 14.4. The molecule has 202 valence electrons. The van der Waals surface area contributed by atoms with Gasteiger partial charge in [-0.25, -0.2) is 0 Å². The lowest BCUT2D eigenvalue weighted by molar-refractivity contribution is -0.132. The topological polar surface area (TPSA) is 106 Å². The molecule has 0 radical (unpaired) electrons. The number of hydrogen-bond donors (Lipinski definition) is 1. The fourth-order valence-electron chi connectivity index (χ4n) is 4.05. The maximum Gasteiger partial charge on any atom is 0.301 e. The second-order valence-corrected chi connectivity index (χ2v) is 11.5. The van der Waals surface area contributed by atoms with Crippen molar-refractivity contribution in [1.82, 2.24) is 15.2 Å². The number of aliphatic hydroxyl groups excluding tert-OH is 1. The number of carbonyl (C=O) groups is 2. The van der Waals surface area contributed by atoms with Gasteiger partial charge in [0.1, 0.15) is 18.1 Å². The minimum absolute atomic E-state index is 0.0618. The van der Waals surface area contributed by atoms with Crippen molar-refractivity contribution in [2.45, 2.75) is 16.1 Å². The van der Waals surface area contributed by atoms with Gasteiger partial charge in [-0.15, -0.1) is 10.2 Å². The predicted molar refractivity (Wildman–Crippen MR) is 157 cm³/mol. The number of anilines is 1. The Morgan fingerprint density at radius 1 is 1.10 bits per heavy atom. The zero-order chi connectivity index (χ0) is 28.2. The first-order valence-corrected chi connectivity index (χ1v) is 14.4. The SMILES string of the molecule is C=CCOc1ccc(C2C(=C(O)c3ccncc3)C(=O)C(=O)N2c2nnc(SCc3ccc(Cl)cc3Cl)s2)cc1. The van der Waals surface area contributed by atoms with E-state index < -0.39 is 17.7 Å². The number of benzene rings is 2. The molecule has 3 heterocycles. The normalized spacial score (nSPS) is 16.4. The average molecular weight is 612 g/mol. The van der Waals surface area contributed by atoms with E-state index in [0.717, 1.165) is 16.9 Å². The third-order valence-corrected chi connectivity index (χ3v) is 8.62. The van der Waals surface area contributed by atoms with Crippen molar-refractivity contribution in [3.63, 3.8) is 0 Å². The Balaban J connectivity index is 1.51. The van der Waals surface area contributed by atoms with Gasteiger partial charge in [0.2, 0.25) is 5.13 Å². The van der Waals surface area contributed by atoms with Gasteiger partial charge in [-0.05, 0) is 47.5 Å². The minimum atomic E-state index is -0.946. The lowest BCUT2D eigenvalue weighted by atomic mass is 9.95. The van der Waals surface area contributed by atoms with E-state index >= 15 is 0 Å². The highest BCUT2D eigenvalue weighted by atomic mass is 35.5. The predicted octanol–water partition coefficient (Wildman–Crippen LogP) is 6.72. The number of amides is 1. The van der Waals surface area contributed by atoms with Gasteiger partial charge < -0.3 is 9.84 Å². The Kier molecular flexibility index (Phi) is 8.51. The maximum atomic E-state index is 13.4. The Morgan fingerprint density at radius 3 is 2.55 bits per heavy atom. The number of pyridine rings is 1. The molecule has 0 spiro atoms. The molecule has 1 aliphatic rings. The first-order chi connectivity index (χ1) is 19.4. The summed E-state index contributed by atoms with van der Waals surface area (Å²) in [5.41, 5.74) is 1.74. The number of ether oxygens (including phenoxy) is 1. The van der Waals surface area contributed by atoms with Crippen LogP contribution in [0, 0.1) is 0 Å². The van der Waals surface area contributed by atoms with Gasteiger partial charge >= 0.3 is 5.91 Å². The molecule has 1 fully saturated rings. The molecular weight excluding hydrogens is 591 g/mol. The Labute approximate surface area is 247 Å². The van der Waals surface area contributed by atoms with Crippen molar-refractivity contribution in [3.05, 3.63) is 112 Å². The van der Waals surface area contributed by atoms with Crippen LogP contribution in [0.2, 0.25) is 10.0 Å². The lowest BCUT2D eigenvalue weighted by Crippen LogP contribution is -2.29. The highest BCUT2D eigenvalue weighted by Crippen LogP contribution is 2.44. The Morgan fingerprint density at radius 2 is 1.85 bits per heavy atom. The minimum Gasteiger partial charge on any atom is -0.507 e. The molecule has 0 bridgehead atoms. The van der Waals surface area contributed by atoms with E-state index in [2.05, 4.69) is 21.8 Å². The van der Waals surface area contributed by atoms with E-state index in [0.29, 0.717) is 43.6 Å². The molecule has 0 aliphatic carbocycles. The van der Waals surface area contributed by atoms with E-state index in [1.54, 1.807) is 54.6 Å². The molecule has 4 aromatic rings. The number of Topliss-reactive ketones (excluding diaryl/α,β-unsaturated/α-hetero) is 1. The van der Waals surface area contributed by atoms with Gasteiger partial charge in [-0.1, -0.05) is 77.2 Å². The molecule has 2 aromatic carbocycles. The van der Waals surface area contributed by atoms with Crippen molar-refractivity contribution >= 4 is 68.9 Å². The van der Waals surface area contributed by atoms with Gasteiger partial charge in [0.25, 0.3) is 5.78 Å². The van der Waals surface area contributed by atoms with Crippen LogP contribution < -0.4 is 9.64 Å². The van der Waals surface area contributed by atoms with Gasteiger partial charge in [0.05, 0.1) is 11.6 Å². The molecule has 1 unspecified atom stereocenters. The van der Waals surface area contributed by atoms with E-state index in [-0.39, 0.29) is 16.5 Å². The van der Waals surface area contributed by atoms with Crippen LogP contribution in [-0.4, -0.2) is 38.6 Å². The van der Waals surface area contributed by atoms with Gasteiger partial charge in [0, 0.05) is 33.8 Å². The molecule has 1 N–H and O–H groups in total. The number of carbonyl (C=O) groups excluding carboxylic acids is 2. The van der Waals surface area contributed by atoms with Crippen LogP contribution in [0.15, 0.2) is 89.6 Å². The van der Waals surface area contributed by atoms with Crippen LogP contribution in [0.4, 0.5) is 5.13 Å². The molecule has 1 atom stereocenters.